The number of hydrogen-bond acceptors (Lipinski definition) is 3. The van der Waals surface area contributed by atoms with Gasteiger partial charge in [0.05, 0.1) is 12.1 Å². The summed E-state index contributed by atoms with van der Waals surface area (Å²) in [5.74, 6) is 0. The molecule has 0 aliphatic rings. The molecule has 2 aromatic carbocycles. The molecule has 0 fully saturated rings. The maximum Gasteiger partial charge on any atom is 0.408 e. The lowest BCUT2D eigenvalue weighted by atomic mass is 9.84. The predicted octanol–water partition coefficient (Wildman–Crippen LogP) is 3.97. The lowest BCUT2D eigenvalue weighted by molar-refractivity contribution is 0.0479. The van der Waals surface area contributed by atoms with Crippen LogP contribution < -0.4 is 5.32 Å². The fourth-order valence-electron chi connectivity index (χ4n) is 2.57. The van der Waals surface area contributed by atoms with Crippen molar-refractivity contribution in [3.63, 3.8) is 0 Å². The summed E-state index contributed by atoms with van der Waals surface area (Å²) >= 11 is 0. The van der Waals surface area contributed by atoms with Crippen molar-refractivity contribution in [3.8, 4) is 0 Å². The van der Waals surface area contributed by atoms with Crippen LogP contribution >= 0.6 is 0 Å². The van der Waals surface area contributed by atoms with Crippen molar-refractivity contribution in [1.82, 2.24) is 5.32 Å². The summed E-state index contributed by atoms with van der Waals surface area (Å²) < 4.78 is 5.43. The van der Waals surface area contributed by atoms with E-state index in [9.17, 15) is 9.90 Å². The molecule has 24 heavy (non-hydrogen) atoms. The number of aliphatic hydroxyl groups is 1. The molecule has 2 N–H and O–H groups in total. The Morgan fingerprint density at radius 3 is 2.21 bits per heavy atom. The van der Waals surface area contributed by atoms with Gasteiger partial charge in [-0.2, -0.15) is 0 Å². The van der Waals surface area contributed by atoms with Crippen molar-refractivity contribution in [2.75, 3.05) is 0 Å². The van der Waals surface area contributed by atoms with Crippen LogP contribution in [0.25, 0.3) is 0 Å². The van der Waals surface area contributed by atoms with Crippen molar-refractivity contribution < 1.29 is 14.6 Å². The molecule has 0 aliphatic carbocycles. The second-order valence-corrected chi connectivity index (χ2v) is 6.98. The maximum atomic E-state index is 12.4. The summed E-state index contributed by atoms with van der Waals surface area (Å²) in [5, 5.41) is 12.4. The Hall–Kier alpha value is -2.33. The molecule has 4 nitrogen and oxygen atoms in total. The van der Waals surface area contributed by atoms with Gasteiger partial charge in [0.25, 0.3) is 0 Å². The van der Waals surface area contributed by atoms with Gasteiger partial charge in [-0.25, -0.2) is 4.79 Å². The normalized spacial score (nSPS) is 13.9. The van der Waals surface area contributed by atoms with Crippen LogP contribution in [0.1, 0.15) is 44.4 Å². The van der Waals surface area contributed by atoms with E-state index >= 15 is 0 Å². The molecule has 2 rings (SSSR count). The van der Waals surface area contributed by atoms with Gasteiger partial charge in [0, 0.05) is 0 Å². The number of aliphatic hydroxyl groups excluding tert-OH is 1. The predicted molar refractivity (Wildman–Crippen MR) is 94.6 cm³/mol. The molecule has 0 radical (unpaired) electrons. The van der Waals surface area contributed by atoms with Gasteiger partial charge in [-0.1, -0.05) is 54.6 Å². The van der Waals surface area contributed by atoms with Gasteiger partial charge in [0.2, 0.25) is 0 Å². The summed E-state index contributed by atoms with van der Waals surface area (Å²) in [6, 6.07) is 17.3. The quantitative estimate of drug-likeness (QED) is 0.893. The van der Waals surface area contributed by atoms with Crippen LogP contribution in [0.4, 0.5) is 4.79 Å². The highest BCUT2D eigenvalue weighted by Gasteiger charge is 2.32. The van der Waals surface area contributed by atoms with Crippen molar-refractivity contribution in [3.05, 3.63) is 71.3 Å². The van der Waals surface area contributed by atoms with E-state index in [1.807, 2.05) is 82.3 Å². The molecular weight excluding hydrogens is 302 g/mol. The average molecular weight is 327 g/mol. The third-order valence-electron chi connectivity index (χ3n) is 3.79. The molecule has 0 aliphatic heterocycles. The van der Waals surface area contributed by atoms with Crippen LogP contribution in [-0.4, -0.2) is 16.8 Å². The highest BCUT2D eigenvalue weighted by molar-refractivity contribution is 5.70. The Bertz CT molecular complexity index is 692. The summed E-state index contributed by atoms with van der Waals surface area (Å²) in [6.45, 7) is 7.38. The van der Waals surface area contributed by atoms with Crippen molar-refractivity contribution >= 4 is 6.09 Å². The third-order valence-corrected chi connectivity index (χ3v) is 3.79. The van der Waals surface area contributed by atoms with Crippen molar-refractivity contribution in [1.29, 1.82) is 0 Å². The number of rotatable bonds is 4. The highest BCUT2D eigenvalue weighted by atomic mass is 16.6. The molecular formula is C20H25NO3. The number of hydrogen-bond donors (Lipinski definition) is 2. The highest BCUT2D eigenvalue weighted by Crippen LogP contribution is 2.30. The van der Waals surface area contributed by atoms with Crippen LogP contribution in [0.5, 0.6) is 0 Å². The number of carbonyl (C=O) groups is 1. The van der Waals surface area contributed by atoms with E-state index in [1.54, 1.807) is 0 Å². The van der Waals surface area contributed by atoms with Crippen molar-refractivity contribution in [2.24, 2.45) is 0 Å². The van der Waals surface area contributed by atoms with Gasteiger partial charge in [-0.05, 0) is 44.4 Å². The van der Waals surface area contributed by atoms with E-state index in [1.165, 1.54) is 0 Å². The van der Waals surface area contributed by atoms with Gasteiger partial charge in [-0.15, -0.1) is 0 Å². The molecule has 0 spiro atoms. The summed E-state index contributed by atoms with van der Waals surface area (Å²) in [7, 11) is 0. The molecule has 0 bridgehead atoms. The van der Waals surface area contributed by atoms with Gasteiger partial charge < -0.3 is 15.2 Å². The van der Waals surface area contributed by atoms with Gasteiger partial charge in [-0.3, -0.25) is 0 Å². The first kappa shape index (κ1) is 18.0. The minimum absolute atomic E-state index is 0.0504. The van der Waals surface area contributed by atoms with E-state index in [2.05, 4.69) is 5.32 Å². The first-order chi connectivity index (χ1) is 11.2. The van der Waals surface area contributed by atoms with E-state index in [0.717, 1.165) is 16.7 Å². The SMILES string of the molecule is CC(C)(C)OC(=O)NC(C)(c1ccccc1)c1cccc(CO)c1. The fraction of sp³-hybridized carbons (Fsp3) is 0.350. The van der Waals surface area contributed by atoms with Gasteiger partial charge >= 0.3 is 6.09 Å². The molecule has 0 aromatic heterocycles. The standard InChI is InChI=1S/C20H25NO3/c1-19(2,3)24-18(23)21-20(4,16-10-6-5-7-11-16)17-12-8-9-15(13-17)14-22/h5-13,22H,14H2,1-4H3,(H,21,23). The minimum atomic E-state index is -0.769. The molecule has 1 unspecified atom stereocenters. The summed E-state index contributed by atoms with van der Waals surface area (Å²) in [4.78, 5) is 12.4. The van der Waals surface area contributed by atoms with Crippen LogP contribution in [0.15, 0.2) is 54.6 Å². The zero-order valence-corrected chi connectivity index (χ0v) is 14.7. The molecule has 0 saturated carbocycles. The molecule has 4 heteroatoms. The Morgan fingerprint density at radius 2 is 1.62 bits per heavy atom. The van der Waals surface area contributed by atoms with E-state index in [-0.39, 0.29) is 6.61 Å². The number of benzene rings is 2. The lowest BCUT2D eigenvalue weighted by Crippen LogP contribution is -2.46. The molecule has 1 amide bonds. The van der Waals surface area contributed by atoms with E-state index in [0.29, 0.717) is 0 Å². The monoisotopic (exact) mass is 327 g/mol. The van der Waals surface area contributed by atoms with E-state index in [4.69, 9.17) is 4.74 Å². The topological polar surface area (TPSA) is 58.6 Å². The van der Waals surface area contributed by atoms with E-state index < -0.39 is 17.2 Å². The largest absolute Gasteiger partial charge is 0.444 e. The molecule has 1 atom stereocenters. The molecule has 128 valence electrons. The van der Waals surface area contributed by atoms with Crippen LogP contribution in [-0.2, 0) is 16.9 Å². The average Bonchev–Trinajstić information content (AvgIpc) is 2.53. The van der Waals surface area contributed by atoms with Crippen molar-refractivity contribution in [2.45, 2.75) is 45.4 Å². The number of nitrogens with one attached hydrogen (secondary N) is 1. The summed E-state index contributed by atoms with van der Waals surface area (Å²) in [6.07, 6.45) is -0.483. The van der Waals surface area contributed by atoms with Gasteiger partial charge in [0.15, 0.2) is 0 Å². The maximum absolute atomic E-state index is 12.4. The molecule has 0 saturated heterocycles. The summed E-state index contributed by atoms with van der Waals surface area (Å²) in [5.41, 5.74) is 1.27. The number of amides is 1. The zero-order chi connectivity index (χ0) is 17.8. The first-order valence-electron chi connectivity index (χ1n) is 8.01. The Kier molecular flexibility index (Phi) is 5.30. The molecule has 0 heterocycles. The Balaban J connectivity index is 2.44. The fourth-order valence-corrected chi connectivity index (χ4v) is 2.57. The van der Waals surface area contributed by atoms with Crippen LogP contribution in [0.3, 0.4) is 0 Å². The smallest absolute Gasteiger partial charge is 0.408 e. The second-order valence-electron chi connectivity index (χ2n) is 6.98. The number of alkyl carbamates (subject to hydrolysis) is 1. The number of ether oxygens (including phenoxy) is 1. The zero-order valence-electron chi connectivity index (χ0n) is 14.7. The van der Waals surface area contributed by atoms with Crippen LogP contribution in [0, 0.1) is 0 Å². The Labute approximate surface area is 143 Å². The second kappa shape index (κ2) is 7.05. The minimum Gasteiger partial charge on any atom is -0.444 e. The van der Waals surface area contributed by atoms with Crippen LogP contribution in [0.2, 0.25) is 0 Å². The number of carbonyl (C=O) groups excluding carboxylic acids is 1. The lowest BCUT2D eigenvalue weighted by Gasteiger charge is -2.33. The molecule has 2 aromatic rings. The first-order valence-corrected chi connectivity index (χ1v) is 8.01. The Morgan fingerprint density at radius 1 is 1.00 bits per heavy atom. The van der Waals surface area contributed by atoms with Gasteiger partial charge in [0.1, 0.15) is 5.60 Å². The third kappa shape index (κ3) is 4.36.